The normalized spacial score (nSPS) is 12.2. The summed E-state index contributed by atoms with van der Waals surface area (Å²) in [7, 11) is 0. The maximum absolute atomic E-state index is 11.8. The molecule has 0 aliphatic heterocycles. The van der Waals surface area contributed by atoms with Gasteiger partial charge in [0.25, 0.3) is 0 Å². The van der Waals surface area contributed by atoms with Gasteiger partial charge in [-0.1, -0.05) is 11.8 Å². The summed E-state index contributed by atoms with van der Waals surface area (Å²) in [4.78, 5) is 17.8. The molecule has 0 unspecified atom stereocenters. The Balaban J connectivity index is 2.58. The third kappa shape index (κ3) is 4.31. The number of carbonyl (C=O) groups excluding carboxylic acids is 1. The Labute approximate surface area is 112 Å². The number of carbonyl (C=O) groups is 1. The van der Waals surface area contributed by atoms with E-state index in [9.17, 15) is 9.90 Å². The number of aliphatic hydroxyl groups excluding tert-OH is 1. The zero-order valence-electron chi connectivity index (χ0n) is 11.1. The molecule has 1 aromatic rings. The molecule has 0 aromatic carbocycles. The molecule has 1 heterocycles. The molecule has 0 radical (unpaired) electrons. The SMILES string of the molecule is CCN(CC)C(=O)CSc1cc([C@@H](C)O)ccn1. The fraction of sp³-hybridized carbons (Fsp3) is 0.538. The van der Waals surface area contributed by atoms with Crippen molar-refractivity contribution in [2.45, 2.75) is 31.9 Å². The Kier molecular flexibility index (Phi) is 6.15. The second kappa shape index (κ2) is 7.38. The van der Waals surface area contributed by atoms with E-state index < -0.39 is 6.10 Å². The number of hydrogen-bond donors (Lipinski definition) is 1. The first-order chi connectivity index (χ1) is 8.58. The number of amides is 1. The predicted molar refractivity (Wildman–Crippen MR) is 73.5 cm³/mol. The average molecular weight is 268 g/mol. The van der Waals surface area contributed by atoms with E-state index in [1.54, 1.807) is 24.1 Å². The monoisotopic (exact) mass is 268 g/mol. The summed E-state index contributed by atoms with van der Waals surface area (Å²) in [5, 5.41) is 10.2. The highest BCUT2D eigenvalue weighted by molar-refractivity contribution is 7.99. The number of thioether (sulfide) groups is 1. The van der Waals surface area contributed by atoms with Crippen LogP contribution in [0.15, 0.2) is 23.4 Å². The van der Waals surface area contributed by atoms with Crippen molar-refractivity contribution in [1.82, 2.24) is 9.88 Å². The maximum Gasteiger partial charge on any atom is 0.232 e. The molecule has 0 saturated heterocycles. The van der Waals surface area contributed by atoms with E-state index in [4.69, 9.17) is 0 Å². The van der Waals surface area contributed by atoms with E-state index in [-0.39, 0.29) is 5.91 Å². The summed E-state index contributed by atoms with van der Waals surface area (Å²) in [5.41, 5.74) is 0.822. The van der Waals surface area contributed by atoms with Gasteiger partial charge in [-0.05, 0) is 38.5 Å². The Morgan fingerprint density at radius 1 is 1.50 bits per heavy atom. The van der Waals surface area contributed by atoms with Gasteiger partial charge in [-0.2, -0.15) is 0 Å². The Morgan fingerprint density at radius 3 is 2.72 bits per heavy atom. The highest BCUT2D eigenvalue weighted by Gasteiger charge is 2.11. The van der Waals surface area contributed by atoms with Crippen molar-refractivity contribution >= 4 is 17.7 Å². The lowest BCUT2D eigenvalue weighted by molar-refractivity contribution is -0.127. The molecular weight excluding hydrogens is 248 g/mol. The second-order valence-electron chi connectivity index (χ2n) is 3.96. The minimum absolute atomic E-state index is 0.120. The fourth-order valence-corrected chi connectivity index (χ4v) is 2.38. The molecule has 4 nitrogen and oxygen atoms in total. The van der Waals surface area contributed by atoms with Crippen LogP contribution < -0.4 is 0 Å². The van der Waals surface area contributed by atoms with E-state index in [2.05, 4.69) is 4.98 Å². The first kappa shape index (κ1) is 15.0. The van der Waals surface area contributed by atoms with Gasteiger partial charge in [-0.25, -0.2) is 4.98 Å². The molecule has 0 spiro atoms. The predicted octanol–water partition coefficient (Wildman–Crippen LogP) is 2.10. The van der Waals surface area contributed by atoms with Gasteiger partial charge in [0.2, 0.25) is 5.91 Å². The summed E-state index contributed by atoms with van der Waals surface area (Å²) in [5.74, 6) is 0.507. The number of rotatable bonds is 6. The zero-order chi connectivity index (χ0) is 13.5. The first-order valence-electron chi connectivity index (χ1n) is 6.13. The summed E-state index contributed by atoms with van der Waals surface area (Å²) < 4.78 is 0. The first-order valence-corrected chi connectivity index (χ1v) is 7.11. The van der Waals surface area contributed by atoms with Crippen LogP contribution in [0.1, 0.15) is 32.4 Å². The Morgan fingerprint density at radius 2 is 2.17 bits per heavy atom. The summed E-state index contributed by atoms with van der Waals surface area (Å²) >= 11 is 1.41. The largest absolute Gasteiger partial charge is 0.389 e. The van der Waals surface area contributed by atoms with Gasteiger partial charge < -0.3 is 10.0 Å². The van der Waals surface area contributed by atoms with E-state index >= 15 is 0 Å². The summed E-state index contributed by atoms with van der Waals surface area (Å²) in [6, 6.07) is 3.60. The zero-order valence-corrected chi connectivity index (χ0v) is 11.9. The van der Waals surface area contributed by atoms with Gasteiger partial charge in [0, 0.05) is 19.3 Å². The maximum atomic E-state index is 11.8. The molecule has 0 bridgehead atoms. The van der Waals surface area contributed by atoms with Crippen molar-refractivity contribution in [2.24, 2.45) is 0 Å². The van der Waals surface area contributed by atoms with Gasteiger partial charge >= 0.3 is 0 Å². The van der Waals surface area contributed by atoms with E-state index in [0.717, 1.165) is 23.7 Å². The van der Waals surface area contributed by atoms with E-state index in [0.29, 0.717) is 5.75 Å². The van der Waals surface area contributed by atoms with Crippen LogP contribution in [0.4, 0.5) is 0 Å². The third-order valence-corrected chi connectivity index (χ3v) is 3.61. The van der Waals surface area contributed by atoms with Crippen LogP contribution in [-0.2, 0) is 4.79 Å². The molecule has 0 aliphatic carbocycles. The van der Waals surface area contributed by atoms with Gasteiger partial charge in [-0.3, -0.25) is 4.79 Å². The van der Waals surface area contributed by atoms with Gasteiger partial charge in [0.05, 0.1) is 16.9 Å². The van der Waals surface area contributed by atoms with Crippen molar-refractivity contribution in [3.05, 3.63) is 23.9 Å². The van der Waals surface area contributed by atoms with Crippen molar-refractivity contribution in [3.63, 3.8) is 0 Å². The summed E-state index contributed by atoms with van der Waals surface area (Å²) in [6.45, 7) is 7.12. The van der Waals surface area contributed by atoms with Crippen LogP contribution in [-0.4, -0.2) is 39.7 Å². The number of aliphatic hydroxyl groups is 1. The van der Waals surface area contributed by atoms with E-state index in [1.165, 1.54) is 11.8 Å². The van der Waals surface area contributed by atoms with Crippen LogP contribution >= 0.6 is 11.8 Å². The number of aromatic nitrogens is 1. The molecule has 1 rings (SSSR count). The molecule has 5 heteroatoms. The molecule has 0 fully saturated rings. The average Bonchev–Trinajstić information content (AvgIpc) is 2.38. The highest BCUT2D eigenvalue weighted by Crippen LogP contribution is 2.20. The standard InChI is InChI=1S/C13H20N2O2S/c1-4-15(5-2)13(17)9-18-12-8-11(10(3)16)6-7-14-12/h6-8,10,16H,4-5,9H2,1-3H3/t10-/m1/s1. The molecule has 18 heavy (non-hydrogen) atoms. The molecule has 0 saturated carbocycles. The number of hydrogen-bond acceptors (Lipinski definition) is 4. The van der Waals surface area contributed by atoms with Crippen molar-refractivity contribution in [2.75, 3.05) is 18.8 Å². The molecular formula is C13H20N2O2S. The highest BCUT2D eigenvalue weighted by atomic mass is 32.2. The lowest BCUT2D eigenvalue weighted by Crippen LogP contribution is -2.31. The lowest BCUT2D eigenvalue weighted by atomic mass is 10.2. The Hall–Kier alpha value is -1.07. The fourth-order valence-electron chi connectivity index (χ4n) is 1.57. The molecule has 1 N–H and O–H groups in total. The van der Waals surface area contributed by atoms with Crippen LogP contribution in [0.2, 0.25) is 0 Å². The van der Waals surface area contributed by atoms with Gasteiger partial charge in [0.1, 0.15) is 0 Å². The summed E-state index contributed by atoms with van der Waals surface area (Å²) in [6.07, 6.45) is 1.15. The Bertz CT molecular complexity index is 392. The topological polar surface area (TPSA) is 53.4 Å². The van der Waals surface area contributed by atoms with Crippen molar-refractivity contribution < 1.29 is 9.90 Å². The van der Waals surface area contributed by atoms with Crippen molar-refractivity contribution in [1.29, 1.82) is 0 Å². The molecule has 0 aliphatic rings. The minimum Gasteiger partial charge on any atom is -0.389 e. The van der Waals surface area contributed by atoms with Gasteiger partial charge in [-0.15, -0.1) is 0 Å². The molecule has 100 valence electrons. The quantitative estimate of drug-likeness (QED) is 0.803. The molecule has 1 atom stereocenters. The number of pyridine rings is 1. The van der Waals surface area contributed by atoms with E-state index in [1.807, 2.05) is 19.9 Å². The third-order valence-electron chi connectivity index (χ3n) is 2.70. The van der Waals surface area contributed by atoms with Crippen LogP contribution in [0.25, 0.3) is 0 Å². The number of nitrogens with zero attached hydrogens (tertiary/aromatic N) is 2. The van der Waals surface area contributed by atoms with Crippen LogP contribution in [0, 0.1) is 0 Å². The molecule has 1 aromatic heterocycles. The van der Waals surface area contributed by atoms with Gasteiger partial charge in [0.15, 0.2) is 0 Å². The van der Waals surface area contributed by atoms with Crippen LogP contribution in [0.5, 0.6) is 0 Å². The lowest BCUT2D eigenvalue weighted by Gasteiger charge is -2.18. The molecule has 1 amide bonds. The minimum atomic E-state index is -0.508. The second-order valence-corrected chi connectivity index (χ2v) is 4.95. The van der Waals surface area contributed by atoms with Crippen LogP contribution in [0.3, 0.4) is 0 Å². The smallest absolute Gasteiger partial charge is 0.232 e. The van der Waals surface area contributed by atoms with Crippen molar-refractivity contribution in [3.8, 4) is 0 Å².